The molecule has 2 atom stereocenters. The van der Waals surface area contributed by atoms with E-state index in [-0.39, 0.29) is 0 Å². The van der Waals surface area contributed by atoms with E-state index in [4.69, 9.17) is 9.73 Å². The Hall–Kier alpha value is -1.27. The molecule has 0 saturated carbocycles. The lowest BCUT2D eigenvalue weighted by Crippen LogP contribution is -2.44. The maximum Gasteiger partial charge on any atom is 0.191 e. The molecule has 2 N–H and O–H groups in total. The van der Waals surface area contributed by atoms with Gasteiger partial charge in [0.2, 0.25) is 0 Å². The number of benzene rings is 1. The molecule has 3 rings (SSSR count). The Labute approximate surface area is 159 Å². The number of guanidine groups is 1. The van der Waals surface area contributed by atoms with Gasteiger partial charge in [-0.3, -0.25) is 4.99 Å². The molecule has 2 saturated heterocycles. The van der Waals surface area contributed by atoms with Gasteiger partial charge >= 0.3 is 0 Å². The third-order valence-corrected chi connectivity index (χ3v) is 5.34. The Morgan fingerprint density at radius 3 is 2.88 bits per heavy atom. The molecule has 2 aliphatic heterocycles. The monoisotopic (exact) mass is 408 g/mol. The second kappa shape index (κ2) is 9.43. The van der Waals surface area contributed by atoms with Crippen molar-refractivity contribution in [1.29, 1.82) is 0 Å². The van der Waals surface area contributed by atoms with E-state index < -0.39 is 0 Å². The average Bonchev–Trinajstić information content (AvgIpc) is 3.28. The van der Waals surface area contributed by atoms with Crippen molar-refractivity contribution in [2.45, 2.75) is 44.8 Å². The van der Waals surface area contributed by atoms with Gasteiger partial charge in [0.05, 0.1) is 6.10 Å². The van der Waals surface area contributed by atoms with Gasteiger partial charge in [-0.25, -0.2) is 0 Å². The summed E-state index contributed by atoms with van der Waals surface area (Å²) in [5.74, 6) is 0.933. The summed E-state index contributed by atoms with van der Waals surface area (Å²) in [6.45, 7) is 6.82. The summed E-state index contributed by atoms with van der Waals surface area (Å²) < 4.78 is 6.80. The second-order valence-corrected chi connectivity index (χ2v) is 7.65. The lowest BCUT2D eigenvalue weighted by molar-refractivity contribution is 0.106. The molecule has 2 heterocycles. The lowest BCUT2D eigenvalue weighted by atomic mass is 10.2. The van der Waals surface area contributed by atoms with E-state index in [9.17, 15) is 0 Å². The first-order chi connectivity index (χ1) is 12.2. The molecule has 2 aliphatic rings. The van der Waals surface area contributed by atoms with Gasteiger partial charge in [-0.1, -0.05) is 15.9 Å². The third kappa shape index (κ3) is 5.61. The maximum atomic E-state index is 5.68. The third-order valence-electron chi connectivity index (χ3n) is 4.81. The summed E-state index contributed by atoms with van der Waals surface area (Å²) in [5.41, 5.74) is 1.29. The topological polar surface area (TPSA) is 48.9 Å². The summed E-state index contributed by atoms with van der Waals surface area (Å²) in [6, 6.07) is 8.99. The largest absolute Gasteiger partial charge is 0.378 e. The fourth-order valence-corrected chi connectivity index (χ4v) is 3.73. The van der Waals surface area contributed by atoms with Gasteiger partial charge in [0.25, 0.3) is 0 Å². The zero-order valence-electron chi connectivity index (χ0n) is 15.0. The Bertz CT molecular complexity index is 557. The molecule has 1 aromatic carbocycles. The first-order valence-electron chi connectivity index (χ1n) is 9.41. The first kappa shape index (κ1) is 18.5. The molecule has 2 unspecified atom stereocenters. The van der Waals surface area contributed by atoms with Gasteiger partial charge in [0, 0.05) is 49.0 Å². The number of ether oxygens (including phenoxy) is 1. The SMILES string of the molecule is CCNC(=NCCC1CCCO1)NC1CCN(c2ccc(Br)cc2)C1. The minimum Gasteiger partial charge on any atom is -0.378 e. The van der Waals surface area contributed by atoms with Crippen LogP contribution in [-0.4, -0.2) is 50.9 Å². The molecule has 138 valence electrons. The summed E-state index contributed by atoms with van der Waals surface area (Å²) >= 11 is 3.50. The smallest absolute Gasteiger partial charge is 0.191 e. The first-order valence-corrected chi connectivity index (χ1v) is 10.2. The van der Waals surface area contributed by atoms with Crippen LogP contribution < -0.4 is 15.5 Å². The van der Waals surface area contributed by atoms with Crippen LogP contribution in [0.4, 0.5) is 5.69 Å². The molecule has 25 heavy (non-hydrogen) atoms. The zero-order chi connectivity index (χ0) is 17.5. The Morgan fingerprint density at radius 2 is 2.16 bits per heavy atom. The van der Waals surface area contributed by atoms with Crippen LogP contribution in [0.25, 0.3) is 0 Å². The van der Waals surface area contributed by atoms with E-state index in [1.807, 2.05) is 0 Å². The van der Waals surface area contributed by atoms with Crippen LogP contribution >= 0.6 is 15.9 Å². The summed E-state index contributed by atoms with van der Waals surface area (Å²) in [7, 11) is 0. The van der Waals surface area contributed by atoms with Crippen molar-refractivity contribution in [3.63, 3.8) is 0 Å². The number of nitrogens with one attached hydrogen (secondary N) is 2. The van der Waals surface area contributed by atoms with Crippen LogP contribution in [0.1, 0.15) is 32.6 Å². The van der Waals surface area contributed by atoms with Crippen LogP contribution in [0.15, 0.2) is 33.7 Å². The molecule has 1 aromatic rings. The molecule has 0 radical (unpaired) electrons. The molecule has 0 aromatic heterocycles. The number of hydrogen-bond acceptors (Lipinski definition) is 3. The van der Waals surface area contributed by atoms with Crippen LogP contribution in [-0.2, 0) is 4.74 Å². The van der Waals surface area contributed by atoms with Crippen molar-refractivity contribution in [2.75, 3.05) is 37.7 Å². The molecule has 2 fully saturated rings. The summed E-state index contributed by atoms with van der Waals surface area (Å²) in [6.07, 6.45) is 4.94. The highest BCUT2D eigenvalue weighted by Gasteiger charge is 2.23. The van der Waals surface area contributed by atoms with Crippen LogP contribution in [0.3, 0.4) is 0 Å². The van der Waals surface area contributed by atoms with Gasteiger partial charge in [0.15, 0.2) is 5.96 Å². The van der Waals surface area contributed by atoms with E-state index in [0.29, 0.717) is 12.1 Å². The quantitative estimate of drug-likeness (QED) is 0.560. The van der Waals surface area contributed by atoms with Crippen LogP contribution in [0.5, 0.6) is 0 Å². The van der Waals surface area contributed by atoms with Crippen molar-refractivity contribution < 1.29 is 4.74 Å². The highest BCUT2D eigenvalue weighted by Crippen LogP contribution is 2.22. The Morgan fingerprint density at radius 1 is 1.32 bits per heavy atom. The molecule has 0 aliphatic carbocycles. The van der Waals surface area contributed by atoms with E-state index in [2.05, 4.69) is 62.7 Å². The van der Waals surface area contributed by atoms with Gasteiger partial charge in [-0.05, 0) is 56.9 Å². The molecule has 0 amide bonds. The number of halogens is 1. The van der Waals surface area contributed by atoms with E-state index in [1.165, 1.54) is 18.5 Å². The van der Waals surface area contributed by atoms with Crippen LogP contribution in [0.2, 0.25) is 0 Å². The van der Waals surface area contributed by atoms with E-state index in [1.54, 1.807) is 0 Å². The van der Waals surface area contributed by atoms with Gasteiger partial charge in [-0.15, -0.1) is 0 Å². The highest BCUT2D eigenvalue weighted by atomic mass is 79.9. The van der Waals surface area contributed by atoms with Gasteiger partial charge < -0.3 is 20.3 Å². The number of nitrogens with zero attached hydrogens (tertiary/aromatic N) is 2. The molecular formula is C19H29BrN4O. The second-order valence-electron chi connectivity index (χ2n) is 6.74. The zero-order valence-corrected chi connectivity index (χ0v) is 16.6. The number of rotatable bonds is 6. The predicted octanol–water partition coefficient (Wildman–Crippen LogP) is 3.15. The van der Waals surface area contributed by atoms with Gasteiger partial charge in [-0.2, -0.15) is 0 Å². The summed E-state index contributed by atoms with van der Waals surface area (Å²) in [5, 5.41) is 6.97. The minimum atomic E-state index is 0.408. The normalized spacial score (nSPS) is 23.9. The van der Waals surface area contributed by atoms with Crippen molar-refractivity contribution in [3.05, 3.63) is 28.7 Å². The fourth-order valence-electron chi connectivity index (χ4n) is 3.47. The number of anilines is 1. The Balaban J connectivity index is 1.49. The van der Waals surface area contributed by atoms with Crippen LogP contribution in [0, 0.1) is 0 Å². The van der Waals surface area contributed by atoms with E-state index >= 15 is 0 Å². The van der Waals surface area contributed by atoms with Crippen molar-refractivity contribution in [1.82, 2.24) is 10.6 Å². The average molecular weight is 409 g/mol. The highest BCUT2D eigenvalue weighted by molar-refractivity contribution is 9.10. The van der Waals surface area contributed by atoms with Crippen molar-refractivity contribution in [3.8, 4) is 0 Å². The standard InChI is InChI=1S/C19H29BrN4O/c1-2-21-19(22-11-9-18-4-3-13-25-18)23-16-10-12-24(14-16)17-7-5-15(20)6-8-17/h5-8,16,18H,2-4,9-14H2,1H3,(H2,21,22,23). The summed E-state index contributed by atoms with van der Waals surface area (Å²) in [4.78, 5) is 7.17. The lowest BCUT2D eigenvalue weighted by Gasteiger charge is -2.20. The predicted molar refractivity (Wildman–Crippen MR) is 107 cm³/mol. The maximum absolute atomic E-state index is 5.68. The van der Waals surface area contributed by atoms with E-state index in [0.717, 1.165) is 56.1 Å². The minimum absolute atomic E-state index is 0.408. The van der Waals surface area contributed by atoms with Crippen molar-refractivity contribution in [2.24, 2.45) is 4.99 Å². The molecule has 0 spiro atoms. The Kier molecular flexibility index (Phi) is 6.99. The van der Waals surface area contributed by atoms with Gasteiger partial charge in [0.1, 0.15) is 0 Å². The number of hydrogen-bond donors (Lipinski definition) is 2. The molecular weight excluding hydrogens is 380 g/mol. The molecule has 0 bridgehead atoms. The number of aliphatic imine (C=N–C) groups is 1. The fraction of sp³-hybridized carbons (Fsp3) is 0.632. The molecule has 6 heteroatoms. The van der Waals surface area contributed by atoms with Crippen molar-refractivity contribution >= 4 is 27.6 Å². The molecule has 5 nitrogen and oxygen atoms in total.